The smallest absolute Gasteiger partial charge is 0.344 e. The van der Waals surface area contributed by atoms with E-state index >= 15 is 0 Å². The summed E-state index contributed by atoms with van der Waals surface area (Å²) in [6.45, 7) is 4.41. The van der Waals surface area contributed by atoms with E-state index in [9.17, 15) is 4.79 Å². The van der Waals surface area contributed by atoms with Crippen molar-refractivity contribution in [3.05, 3.63) is 58.4 Å². The lowest BCUT2D eigenvalue weighted by molar-refractivity contribution is 0.340. The molecule has 0 aliphatic carbocycles. The molecule has 1 heterocycles. The SMILES string of the molecule is CCOc1ccc2c(C)c(-c3ccc(OC)cc3)c(=O)oc2c1. The van der Waals surface area contributed by atoms with Crippen LogP contribution in [0.5, 0.6) is 11.5 Å². The van der Waals surface area contributed by atoms with Crippen LogP contribution in [0.1, 0.15) is 12.5 Å². The number of hydrogen-bond donors (Lipinski definition) is 0. The van der Waals surface area contributed by atoms with Gasteiger partial charge in [-0.25, -0.2) is 4.79 Å². The van der Waals surface area contributed by atoms with E-state index in [0.717, 1.165) is 22.3 Å². The fourth-order valence-corrected chi connectivity index (χ4v) is 2.68. The third-order valence-corrected chi connectivity index (χ3v) is 3.83. The lowest BCUT2D eigenvalue weighted by Gasteiger charge is -2.10. The largest absolute Gasteiger partial charge is 0.497 e. The van der Waals surface area contributed by atoms with Crippen LogP contribution in [-0.2, 0) is 0 Å². The zero-order chi connectivity index (χ0) is 16.4. The minimum absolute atomic E-state index is 0.353. The Morgan fingerprint density at radius 3 is 2.39 bits per heavy atom. The van der Waals surface area contributed by atoms with Gasteiger partial charge < -0.3 is 13.9 Å². The van der Waals surface area contributed by atoms with E-state index in [-0.39, 0.29) is 5.63 Å². The molecule has 0 aliphatic rings. The van der Waals surface area contributed by atoms with Gasteiger partial charge >= 0.3 is 5.63 Å². The van der Waals surface area contributed by atoms with Crippen LogP contribution in [0.4, 0.5) is 0 Å². The van der Waals surface area contributed by atoms with Crippen LogP contribution in [-0.4, -0.2) is 13.7 Å². The summed E-state index contributed by atoms with van der Waals surface area (Å²) in [6.07, 6.45) is 0. The molecule has 0 N–H and O–H groups in total. The molecule has 0 unspecified atom stereocenters. The summed E-state index contributed by atoms with van der Waals surface area (Å²) in [5, 5.41) is 0.902. The molecule has 1 aromatic heterocycles. The van der Waals surface area contributed by atoms with Gasteiger partial charge in [0, 0.05) is 11.5 Å². The highest BCUT2D eigenvalue weighted by Gasteiger charge is 2.14. The van der Waals surface area contributed by atoms with Crippen molar-refractivity contribution in [2.45, 2.75) is 13.8 Å². The molecule has 0 atom stereocenters. The lowest BCUT2D eigenvalue weighted by atomic mass is 9.99. The zero-order valence-corrected chi connectivity index (χ0v) is 13.4. The summed E-state index contributed by atoms with van der Waals surface area (Å²) in [6, 6.07) is 12.9. The first-order chi connectivity index (χ1) is 11.1. The second kappa shape index (κ2) is 6.16. The summed E-state index contributed by atoms with van der Waals surface area (Å²) >= 11 is 0. The molecule has 3 rings (SSSR count). The molecule has 118 valence electrons. The van der Waals surface area contributed by atoms with Crippen molar-refractivity contribution in [2.24, 2.45) is 0 Å². The van der Waals surface area contributed by atoms with E-state index in [1.165, 1.54) is 0 Å². The number of hydrogen-bond acceptors (Lipinski definition) is 4. The van der Waals surface area contributed by atoms with Crippen LogP contribution in [0.25, 0.3) is 22.1 Å². The number of benzene rings is 2. The van der Waals surface area contributed by atoms with Crippen LogP contribution >= 0.6 is 0 Å². The Morgan fingerprint density at radius 2 is 1.74 bits per heavy atom. The van der Waals surface area contributed by atoms with Gasteiger partial charge in [-0.15, -0.1) is 0 Å². The summed E-state index contributed by atoms with van der Waals surface area (Å²) < 4.78 is 16.1. The quantitative estimate of drug-likeness (QED) is 0.678. The molecule has 0 bridgehead atoms. The van der Waals surface area contributed by atoms with Crippen molar-refractivity contribution < 1.29 is 13.9 Å². The van der Waals surface area contributed by atoms with Gasteiger partial charge in [-0.2, -0.15) is 0 Å². The Morgan fingerprint density at radius 1 is 1.04 bits per heavy atom. The third-order valence-electron chi connectivity index (χ3n) is 3.83. The van der Waals surface area contributed by atoms with Gasteiger partial charge in [0.1, 0.15) is 17.1 Å². The van der Waals surface area contributed by atoms with E-state index in [0.29, 0.717) is 23.5 Å². The Kier molecular flexibility index (Phi) is 4.06. The second-order valence-corrected chi connectivity index (χ2v) is 5.21. The van der Waals surface area contributed by atoms with E-state index in [2.05, 4.69) is 0 Å². The van der Waals surface area contributed by atoms with Crippen molar-refractivity contribution in [1.82, 2.24) is 0 Å². The number of methoxy groups -OCH3 is 1. The maximum atomic E-state index is 12.4. The van der Waals surface area contributed by atoms with E-state index in [1.54, 1.807) is 13.2 Å². The monoisotopic (exact) mass is 310 g/mol. The molecule has 0 amide bonds. The number of rotatable bonds is 4. The summed E-state index contributed by atoms with van der Waals surface area (Å²) in [5.41, 5.74) is 2.46. The first kappa shape index (κ1) is 15.2. The van der Waals surface area contributed by atoms with Crippen molar-refractivity contribution in [3.8, 4) is 22.6 Å². The Hall–Kier alpha value is -2.75. The van der Waals surface area contributed by atoms with Crippen LogP contribution in [0.15, 0.2) is 51.7 Å². The van der Waals surface area contributed by atoms with E-state index in [1.807, 2.05) is 50.2 Å². The zero-order valence-electron chi connectivity index (χ0n) is 13.4. The molecule has 4 heteroatoms. The standard InChI is InChI=1S/C19H18O4/c1-4-22-15-9-10-16-12(2)18(19(20)23-17(16)11-15)13-5-7-14(21-3)8-6-13/h5-11H,4H2,1-3H3. The normalized spacial score (nSPS) is 10.7. The second-order valence-electron chi connectivity index (χ2n) is 5.21. The van der Waals surface area contributed by atoms with Crippen LogP contribution in [0.3, 0.4) is 0 Å². The van der Waals surface area contributed by atoms with Crippen LogP contribution in [0.2, 0.25) is 0 Å². The molecular formula is C19H18O4. The van der Waals surface area contributed by atoms with Crippen LogP contribution in [0, 0.1) is 6.92 Å². The molecule has 3 aromatic rings. The first-order valence-electron chi connectivity index (χ1n) is 7.48. The average molecular weight is 310 g/mol. The van der Waals surface area contributed by atoms with E-state index < -0.39 is 0 Å². The van der Waals surface area contributed by atoms with Gasteiger partial charge in [0.05, 0.1) is 19.3 Å². The van der Waals surface area contributed by atoms with Crippen LogP contribution < -0.4 is 15.1 Å². The molecule has 0 saturated carbocycles. The minimum Gasteiger partial charge on any atom is -0.497 e. The van der Waals surface area contributed by atoms with Gasteiger partial charge in [-0.3, -0.25) is 0 Å². The van der Waals surface area contributed by atoms with Gasteiger partial charge in [-0.05, 0) is 49.2 Å². The average Bonchev–Trinajstić information content (AvgIpc) is 2.55. The summed E-state index contributed by atoms with van der Waals surface area (Å²) in [7, 11) is 1.61. The molecule has 2 aromatic carbocycles. The highest BCUT2D eigenvalue weighted by atomic mass is 16.5. The van der Waals surface area contributed by atoms with Gasteiger partial charge in [0.15, 0.2) is 0 Å². The molecule has 23 heavy (non-hydrogen) atoms. The molecule has 0 fully saturated rings. The molecule has 0 radical (unpaired) electrons. The summed E-state index contributed by atoms with van der Waals surface area (Å²) in [5.74, 6) is 1.44. The fourth-order valence-electron chi connectivity index (χ4n) is 2.68. The summed E-state index contributed by atoms with van der Waals surface area (Å²) in [4.78, 5) is 12.4. The maximum absolute atomic E-state index is 12.4. The lowest BCUT2D eigenvalue weighted by Crippen LogP contribution is -2.06. The van der Waals surface area contributed by atoms with Crippen molar-refractivity contribution >= 4 is 11.0 Å². The molecule has 0 saturated heterocycles. The number of fused-ring (bicyclic) bond motifs is 1. The predicted octanol–water partition coefficient (Wildman–Crippen LogP) is 4.18. The Bertz CT molecular complexity index is 892. The van der Waals surface area contributed by atoms with Crippen molar-refractivity contribution in [2.75, 3.05) is 13.7 Å². The Labute approximate surface area is 134 Å². The van der Waals surface area contributed by atoms with Crippen molar-refractivity contribution in [1.29, 1.82) is 0 Å². The van der Waals surface area contributed by atoms with Crippen molar-refractivity contribution in [3.63, 3.8) is 0 Å². The van der Waals surface area contributed by atoms with Gasteiger partial charge in [0.2, 0.25) is 0 Å². The molecule has 0 aliphatic heterocycles. The highest BCUT2D eigenvalue weighted by molar-refractivity contribution is 5.87. The predicted molar refractivity (Wildman–Crippen MR) is 90.4 cm³/mol. The third kappa shape index (κ3) is 2.80. The topological polar surface area (TPSA) is 48.7 Å². The van der Waals surface area contributed by atoms with E-state index in [4.69, 9.17) is 13.9 Å². The first-order valence-corrected chi connectivity index (χ1v) is 7.48. The number of aryl methyl sites for hydroxylation is 1. The molecular weight excluding hydrogens is 292 g/mol. The molecule has 4 nitrogen and oxygen atoms in total. The maximum Gasteiger partial charge on any atom is 0.344 e. The minimum atomic E-state index is -0.353. The highest BCUT2D eigenvalue weighted by Crippen LogP contribution is 2.29. The molecule has 0 spiro atoms. The Balaban J connectivity index is 2.17. The number of ether oxygens (including phenoxy) is 2. The van der Waals surface area contributed by atoms with Gasteiger partial charge in [-0.1, -0.05) is 12.1 Å². The van der Waals surface area contributed by atoms with Gasteiger partial charge in [0.25, 0.3) is 0 Å². The fraction of sp³-hybridized carbons (Fsp3) is 0.211.